The van der Waals surface area contributed by atoms with Gasteiger partial charge in [-0.2, -0.15) is 0 Å². The molecule has 3 N–H and O–H groups in total. The summed E-state index contributed by atoms with van der Waals surface area (Å²) in [5.41, 5.74) is 0.452. The largest absolute Gasteiger partial charge is 0.481 e. The topological polar surface area (TPSA) is 95.1 Å². The molecule has 1 aromatic heterocycles. The molecule has 1 aromatic rings. The highest BCUT2D eigenvalue weighted by Crippen LogP contribution is 2.24. The van der Waals surface area contributed by atoms with Gasteiger partial charge in [-0.3, -0.25) is 9.59 Å². The van der Waals surface area contributed by atoms with Gasteiger partial charge in [0.1, 0.15) is 11.5 Å². The van der Waals surface area contributed by atoms with E-state index < -0.39 is 5.97 Å². The Morgan fingerprint density at radius 3 is 2.56 bits per heavy atom. The van der Waals surface area contributed by atoms with Crippen molar-refractivity contribution < 1.29 is 14.7 Å². The molecule has 0 atom stereocenters. The molecule has 6 heteroatoms. The summed E-state index contributed by atoms with van der Waals surface area (Å²) in [4.78, 5) is 29.5. The molecular weight excluding hydrogens is 234 g/mol. The maximum atomic E-state index is 11.8. The summed E-state index contributed by atoms with van der Waals surface area (Å²) >= 11 is 0. The van der Waals surface area contributed by atoms with Gasteiger partial charge in [0.2, 0.25) is 0 Å². The van der Waals surface area contributed by atoms with Crippen LogP contribution in [0.2, 0.25) is 0 Å². The zero-order valence-electron chi connectivity index (χ0n) is 10.3. The van der Waals surface area contributed by atoms with Gasteiger partial charge >= 0.3 is 5.97 Å². The molecule has 1 aliphatic rings. The lowest BCUT2D eigenvalue weighted by atomic mass is 9.86. The minimum absolute atomic E-state index is 0.0664. The fourth-order valence-corrected chi connectivity index (χ4v) is 2.28. The van der Waals surface area contributed by atoms with Gasteiger partial charge in [0, 0.05) is 6.04 Å². The third-order valence-corrected chi connectivity index (χ3v) is 3.36. The van der Waals surface area contributed by atoms with Gasteiger partial charge in [-0.15, -0.1) is 0 Å². The summed E-state index contributed by atoms with van der Waals surface area (Å²) in [6.07, 6.45) is 4.20. The normalized spacial score (nSPS) is 23.6. The van der Waals surface area contributed by atoms with Gasteiger partial charge < -0.3 is 15.4 Å². The second-order valence-electron chi connectivity index (χ2n) is 4.74. The Kier molecular flexibility index (Phi) is 3.64. The number of aromatic nitrogens is 2. The number of carbonyl (C=O) groups is 2. The van der Waals surface area contributed by atoms with Gasteiger partial charge in [0.25, 0.3) is 5.91 Å². The lowest BCUT2D eigenvalue weighted by Crippen LogP contribution is -2.38. The molecule has 0 aliphatic heterocycles. The smallest absolute Gasteiger partial charge is 0.306 e. The minimum atomic E-state index is -0.732. The Labute approximate surface area is 105 Å². The van der Waals surface area contributed by atoms with Gasteiger partial charge in [-0.05, 0) is 32.6 Å². The molecule has 0 spiro atoms. The van der Waals surface area contributed by atoms with Crippen molar-refractivity contribution in [2.75, 3.05) is 0 Å². The number of carboxylic acids is 1. The van der Waals surface area contributed by atoms with Gasteiger partial charge in [0.15, 0.2) is 0 Å². The molecule has 1 amide bonds. The summed E-state index contributed by atoms with van der Waals surface area (Å²) in [7, 11) is 0. The number of aliphatic carboxylic acids is 1. The number of H-pyrrole nitrogens is 1. The van der Waals surface area contributed by atoms with Crippen LogP contribution in [0, 0.1) is 12.8 Å². The highest BCUT2D eigenvalue weighted by atomic mass is 16.4. The summed E-state index contributed by atoms with van der Waals surface area (Å²) in [6, 6.07) is 0.0664. The van der Waals surface area contributed by atoms with Crippen molar-refractivity contribution in [3.05, 3.63) is 17.7 Å². The van der Waals surface area contributed by atoms with Crippen molar-refractivity contribution >= 4 is 11.9 Å². The van der Waals surface area contributed by atoms with Crippen molar-refractivity contribution in [1.29, 1.82) is 0 Å². The standard InChI is InChI=1S/C12H17N3O3/c1-7-13-6-10(14-7)11(16)15-9-4-2-8(3-5-9)12(17)18/h6,8-9H,2-5H2,1H3,(H,13,14)(H,15,16)(H,17,18). The van der Waals surface area contributed by atoms with Crippen LogP contribution in [0.3, 0.4) is 0 Å². The van der Waals surface area contributed by atoms with Gasteiger partial charge in [-0.25, -0.2) is 4.98 Å². The van der Waals surface area contributed by atoms with E-state index in [1.807, 2.05) is 0 Å². The quantitative estimate of drug-likeness (QED) is 0.749. The predicted octanol–water partition coefficient (Wildman–Crippen LogP) is 1.09. The molecule has 0 unspecified atom stereocenters. The molecule has 0 saturated heterocycles. The fourth-order valence-electron chi connectivity index (χ4n) is 2.28. The highest BCUT2D eigenvalue weighted by molar-refractivity contribution is 5.92. The number of rotatable bonds is 3. The Morgan fingerprint density at radius 2 is 2.06 bits per heavy atom. The lowest BCUT2D eigenvalue weighted by molar-refractivity contribution is -0.142. The molecule has 6 nitrogen and oxygen atoms in total. The zero-order chi connectivity index (χ0) is 13.1. The van der Waals surface area contributed by atoms with Crippen LogP contribution < -0.4 is 5.32 Å². The number of aryl methyl sites for hydroxylation is 1. The monoisotopic (exact) mass is 251 g/mol. The van der Waals surface area contributed by atoms with Crippen LogP contribution in [0.15, 0.2) is 6.20 Å². The first-order chi connectivity index (χ1) is 8.56. The molecule has 2 rings (SSSR count). The molecule has 18 heavy (non-hydrogen) atoms. The average molecular weight is 251 g/mol. The van der Waals surface area contributed by atoms with Gasteiger partial charge in [-0.1, -0.05) is 0 Å². The Hall–Kier alpha value is -1.85. The molecule has 0 radical (unpaired) electrons. The average Bonchev–Trinajstić information content (AvgIpc) is 2.76. The molecule has 1 saturated carbocycles. The number of carboxylic acid groups (broad SMARTS) is 1. The molecule has 1 heterocycles. The summed E-state index contributed by atoms with van der Waals surface area (Å²) < 4.78 is 0. The van der Waals surface area contributed by atoms with E-state index in [2.05, 4.69) is 15.3 Å². The fraction of sp³-hybridized carbons (Fsp3) is 0.583. The first kappa shape index (κ1) is 12.6. The zero-order valence-corrected chi connectivity index (χ0v) is 10.3. The number of imidazole rings is 1. The SMILES string of the molecule is Cc1ncc(C(=O)NC2CCC(C(=O)O)CC2)[nH]1. The van der Waals surface area contributed by atoms with Gasteiger partial charge in [0.05, 0.1) is 12.1 Å². The van der Waals surface area contributed by atoms with Crippen molar-refractivity contribution in [1.82, 2.24) is 15.3 Å². The van der Waals surface area contributed by atoms with Crippen LogP contribution >= 0.6 is 0 Å². The first-order valence-electron chi connectivity index (χ1n) is 6.11. The van der Waals surface area contributed by atoms with E-state index in [1.54, 1.807) is 6.92 Å². The molecule has 98 valence electrons. The maximum Gasteiger partial charge on any atom is 0.306 e. The number of hydrogen-bond acceptors (Lipinski definition) is 3. The van der Waals surface area contributed by atoms with Crippen LogP contribution in [0.25, 0.3) is 0 Å². The third-order valence-electron chi connectivity index (χ3n) is 3.36. The summed E-state index contributed by atoms with van der Waals surface area (Å²) in [5.74, 6) is -0.458. The molecule has 0 bridgehead atoms. The Morgan fingerprint density at radius 1 is 1.39 bits per heavy atom. The van der Waals surface area contributed by atoms with Crippen molar-refractivity contribution in [2.24, 2.45) is 5.92 Å². The van der Waals surface area contributed by atoms with E-state index in [1.165, 1.54) is 6.20 Å². The summed E-state index contributed by atoms with van der Waals surface area (Å²) in [6.45, 7) is 1.79. The predicted molar refractivity (Wildman–Crippen MR) is 64.2 cm³/mol. The number of amides is 1. The number of carbonyl (C=O) groups excluding carboxylic acids is 1. The molecule has 0 aromatic carbocycles. The van der Waals surface area contributed by atoms with E-state index >= 15 is 0 Å². The Bertz CT molecular complexity index is 447. The first-order valence-corrected chi connectivity index (χ1v) is 6.11. The van der Waals surface area contributed by atoms with E-state index in [-0.39, 0.29) is 17.9 Å². The van der Waals surface area contributed by atoms with Crippen LogP contribution in [-0.4, -0.2) is 33.0 Å². The number of nitrogens with zero attached hydrogens (tertiary/aromatic N) is 1. The third kappa shape index (κ3) is 2.88. The maximum absolute atomic E-state index is 11.8. The second kappa shape index (κ2) is 5.20. The molecule has 1 fully saturated rings. The van der Waals surface area contributed by atoms with Crippen molar-refractivity contribution in [2.45, 2.75) is 38.6 Å². The number of aromatic amines is 1. The van der Waals surface area contributed by atoms with Crippen molar-refractivity contribution in [3.63, 3.8) is 0 Å². The van der Waals surface area contributed by atoms with E-state index in [4.69, 9.17) is 5.11 Å². The van der Waals surface area contributed by atoms with Crippen LogP contribution in [0.1, 0.15) is 42.0 Å². The van der Waals surface area contributed by atoms with E-state index in [0.717, 1.165) is 12.8 Å². The lowest BCUT2D eigenvalue weighted by Gasteiger charge is -2.26. The van der Waals surface area contributed by atoms with Crippen LogP contribution in [-0.2, 0) is 4.79 Å². The molecule has 1 aliphatic carbocycles. The summed E-state index contributed by atoms with van der Waals surface area (Å²) in [5, 5.41) is 11.8. The Balaban J connectivity index is 1.85. The van der Waals surface area contributed by atoms with E-state index in [0.29, 0.717) is 24.4 Å². The second-order valence-corrected chi connectivity index (χ2v) is 4.74. The number of nitrogens with one attached hydrogen (secondary N) is 2. The van der Waals surface area contributed by atoms with Crippen LogP contribution in [0.5, 0.6) is 0 Å². The minimum Gasteiger partial charge on any atom is -0.481 e. The molecular formula is C12H17N3O3. The van der Waals surface area contributed by atoms with E-state index in [9.17, 15) is 9.59 Å². The van der Waals surface area contributed by atoms with Crippen LogP contribution in [0.4, 0.5) is 0 Å². The number of hydrogen-bond donors (Lipinski definition) is 3. The van der Waals surface area contributed by atoms with Crippen molar-refractivity contribution in [3.8, 4) is 0 Å². The highest BCUT2D eigenvalue weighted by Gasteiger charge is 2.27.